The highest BCUT2D eigenvalue weighted by Gasteiger charge is 2.25. The van der Waals surface area contributed by atoms with Gasteiger partial charge in [0.05, 0.1) is 10.9 Å². The highest BCUT2D eigenvalue weighted by Crippen LogP contribution is 2.42. The van der Waals surface area contributed by atoms with Crippen molar-refractivity contribution < 1.29 is 27.6 Å². The van der Waals surface area contributed by atoms with Crippen LogP contribution in [0.4, 0.5) is 5.69 Å². The van der Waals surface area contributed by atoms with Crippen LogP contribution >= 0.6 is 11.3 Å². The Morgan fingerprint density at radius 2 is 1.73 bits per heavy atom. The molecule has 8 rings (SSSR count). The number of sulfone groups is 1. The molecule has 3 aromatic carbocycles. The van der Waals surface area contributed by atoms with Crippen LogP contribution in [0.25, 0.3) is 33.2 Å². The number of hydrogen-bond acceptors (Lipinski definition) is 7. The second-order valence-electron chi connectivity index (χ2n) is 13.4. The summed E-state index contributed by atoms with van der Waals surface area (Å²) in [5.41, 5.74) is 16.9. The third kappa shape index (κ3) is 7.90. The SMILES string of the molecule is CC(=O)N(OC1CCCCO1)c1cccc(-c2ccc(C3=Cc4ccc5c(c4CC3)CCc3ccccc3-5)s2)c1.NC(=O)CC1C=CC=CS1(=O)=O. The molecule has 2 aliphatic carbocycles. The zero-order chi connectivity index (χ0) is 36.2. The van der Waals surface area contributed by atoms with Crippen molar-refractivity contribution in [3.05, 3.63) is 124 Å². The molecular weight excluding hydrogens is 693 g/mol. The van der Waals surface area contributed by atoms with Crippen LogP contribution in [0.2, 0.25) is 0 Å². The van der Waals surface area contributed by atoms with Crippen molar-refractivity contribution >= 4 is 50.3 Å². The topological polar surface area (TPSA) is 116 Å². The van der Waals surface area contributed by atoms with Gasteiger partial charge in [0.25, 0.3) is 0 Å². The van der Waals surface area contributed by atoms with E-state index in [0.29, 0.717) is 6.61 Å². The molecule has 4 aromatic rings. The number of primary amides is 1. The summed E-state index contributed by atoms with van der Waals surface area (Å²) < 4.78 is 28.1. The lowest BCUT2D eigenvalue weighted by Crippen LogP contribution is -2.36. The fraction of sp³-hybridized carbons (Fsp3) is 0.286. The van der Waals surface area contributed by atoms with Gasteiger partial charge in [-0.05, 0) is 107 Å². The van der Waals surface area contributed by atoms with Gasteiger partial charge in [0.2, 0.25) is 11.8 Å². The highest BCUT2D eigenvalue weighted by atomic mass is 32.2. The van der Waals surface area contributed by atoms with Crippen LogP contribution in [-0.2, 0) is 48.3 Å². The zero-order valence-electron chi connectivity index (χ0n) is 29.1. The van der Waals surface area contributed by atoms with Crippen molar-refractivity contribution in [2.45, 2.75) is 69.8 Å². The van der Waals surface area contributed by atoms with Crippen LogP contribution in [0.5, 0.6) is 0 Å². The summed E-state index contributed by atoms with van der Waals surface area (Å²) in [6.07, 6.45) is 13.6. The molecule has 1 aromatic heterocycles. The number of allylic oxidation sites excluding steroid dienone is 3. The van der Waals surface area contributed by atoms with Gasteiger partial charge in [-0.15, -0.1) is 11.3 Å². The lowest BCUT2D eigenvalue weighted by Gasteiger charge is -2.28. The predicted octanol–water partition coefficient (Wildman–Crippen LogP) is 8.21. The van der Waals surface area contributed by atoms with Crippen LogP contribution in [-0.4, -0.2) is 38.4 Å². The van der Waals surface area contributed by atoms with E-state index in [1.54, 1.807) is 11.6 Å². The minimum Gasteiger partial charge on any atom is -0.370 e. The largest absolute Gasteiger partial charge is 0.370 e. The number of aryl methyl sites for hydroxylation is 1. The first kappa shape index (κ1) is 35.8. The Balaban J connectivity index is 0.000000300. The summed E-state index contributed by atoms with van der Waals surface area (Å²) >= 11 is 1.81. The number of ether oxygens (including phenoxy) is 1. The van der Waals surface area contributed by atoms with Crippen molar-refractivity contribution in [2.75, 3.05) is 11.7 Å². The number of nitrogens with zero attached hydrogens (tertiary/aromatic N) is 1. The molecule has 2 atom stereocenters. The molecule has 1 saturated heterocycles. The average Bonchev–Trinajstić information content (AvgIpc) is 3.65. The Morgan fingerprint density at radius 1 is 0.904 bits per heavy atom. The molecule has 4 aliphatic rings. The Kier molecular flexibility index (Phi) is 10.7. The molecule has 1 fully saturated rings. The van der Waals surface area contributed by atoms with Gasteiger partial charge in [0, 0.05) is 41.5 Å². The molecule has 3 heterocycles. The summed E-state index contributed by atoms with van der Waals surface area (Å²) in [7, 11) is -3.29. The number of nitrogens with two attached hydrogens (primary N) is 1. The molecule has 2 amide bonds. The number of benzene rings is 3. The van der Waals surface area contributed by atoms with Gasteiger partial charge in [-0.3, -0.25) is 9.59 Å². The molecule has 0 bridgehead atoms. The van der Waals surface area contributed by atoms with E-state index in [9.17, 15) is 18.0 Å². The molecule has 268 valence electrons. The summed E-state index contributed by atoms with van der Waals surface area (Å²) in [5.74, 6) is -0.765. The number of rotatable bonds is 7. The maximum absolute atomic E-state index is 12.5. The molecule has 2 N–H and O–H groups in total. The predicted molar refractivity (Wildman–Crippen MR) is 208 cm³/mol. The molecular formula is C42H42N2O6S2. The number of carbonyl (C=O) groups excluding carboxylic acids is 2. The number of carbonyl (C=O) groups is 2. The van der Waals surface area contributed by atoms with E-state index >= 15 is 0 Å². The second-order valence-corrected chi connectivity index (χ2v) is 16.6. The van der Waals surface area contributed by atoms with E-state index in [2.05, 4.69) is 60.7 Å². The number of thiophene rings is 1. The fourth-order valence-electron chi connectivity index (χ4n) is 7.27. The number of hydrogen-bond donors (Lipinski definition) is 1. The minimum absolute atomic E-state index is 0.150. The van der Waals surface area contributed by atoms with E-state index in [1.165, 1.54) is 67.3 Å². The van der Waals surface area contributed by atoms with E-state index < -0.39 is 21.0 Å². The molecule has 2 unspecified atom stereocenters. The van der Waals surface area contributed by atoms with Gasteiger partial charge < -0.3 is 10.5 Å². The molecule has 0 radical (unpaired) electrons. The Morgan fingerprint density at radius 3 is 2.52 bits per heavy atom. The quantitative estimate of drug-likeness (QED) is 0.192. The molecule has 8 nitrogen and oxygen atoms in total. The molecule has 0 spiro atoms. The van der Waals surface area contributed by atoms with Crippen LogP contribution in [0.1, 0.15) is 66.2 Å². The van der Waals surface area contributed by atoms with Crippen LogP contribution in [0.15, 0.2) is 96.4 Å². The summed E-state index contributed by atoms with van der Waals surface area (Å²) in [4.78, 5) is 31.4. The lowest BCUT2D eigenvalue weighted by atomic mass is 9.78. The Hall–Kier alpha value is -4.61. The molecule has 0 saturated carbocycles. The maximum Gasteiger partial charge on any atom is 0.247 e. The van der Waals surface area contributed by atoms with Gasteiger partial charge in [-0.2, -0.15) is 5.06 Å². The molecule has 10 heteroatoms. The van der Waals surface area contributed by atoms with Crippen molar-refractivity contribution in [3.63, 3.8) is 0 Å². The highest BCUT2D eigenvalue weighted by molar-refractivity contribution is 7.95. The fourth-order valence-corrected chi connectivity index (χ4v) is 9.53. The van der Waals surface area contributed by atoms with Crippen molar-refractivity contribution in [1.29, 1.82) is 0 Å². The number of hydroxylamine groups is 1. The maximum atomic E-state index is 12.5. The summed E-state index contributed by atoms with van der Waals surface area (Å²) in [5, 5.41) is 1.69. The first-order chi connectivity index (χ1) is 25.2. The van der Waals surface area contributed by atoms with Gasteiger partial charge in [-0.1, -0.05) is 72.8 Å². The first-order valence-electron chi connectivity index (χ1n) is 17.8. The standard InChI is InChI=1S/C35H33NO3S.C7H9NO3S/c1-23(37)36(39-35-11-4-5-20-38-35)28-9-6-8-26(22-28)33-18-19-34(40-33)27-14-15-30-25(21-27)13-17-31-29-10-3-2-7-24(29)12-16-32(30)31;8-7(9)5-6-3-1-2-4-12(6,10)11/h2-3,6-10,13,17-19,21-22,35H,4-5,11-12,14-16,20H2,1H3;1-4,6H,5H2,(H2,8,9). The number of anilines is 1. The zero-order valence-corrected chi connectivity index (χ0v) is 30.8. The lowest BCUT2D eigenvalue weighted by molar-refractivity contribution is -0.176. The first-order valence-corrected chi connectivity index (χ1v) is 20.2. The average molecular weight is 735 g/mol. The van der Waals surface area contributed by atoms with Gasteiger partial charge >= 0.3 is 0 Å². The van der Waals surface area contributed by atoms with Gasteiger partial charge in [0.1, 0.15) is 0 Å². The van der Waals surface area contributed by atoms with E-state index in [0.717, 1.165) is 61.6 Å². The van der Waals surface area contributed by atoms with E-state index in [-0.39, 0.29) is 18.6 Å². The minimum atomic E-state index is -3.29. The number of fused-ring (bicyclic) bond motifs is 5. The third-order valence-corrected chi connectivity index (χ3v) is 12.8. The third-order valence-electron chi connectivity index (χ3n) is 9.86. The van der Waals surface area contributed by atoms with Crippen molar-refractivity contribution in [3.8, 4) is 21.6 Å². The van der Waals surface area contributed by atoms with Gasteiger partial charge in [0.15, 0.2) is 16.1 Å². The second kappa shape index (κ2) is 15.6. The van der Waals surface area contributed by atoms with Crippen LogP contribution in [0.3, 0.4) is 0 Å². The number of amides is 2. The molecule has 52 heavy (non-hydrogen) atoms. The Bertz CT molecular complexity index is 2190. The monoisotopic (exact) mass is 734 g/mol. The van der Waals surface area contributed by atoms with Gasteiger partial charge in [-0.25, -0.2) is 13.3 Å². The van der Waals surface area contributed by atoms with E-state index in [1.807, 2.05) is 29.5 Å². The Labute approximate surface area is 309 Å². The summed E-state index contributed by atoms with van der Waals surface area (Å²) in [6.45, 7) is 2.20. The van der Waals surface area contributed by atoms with Crippen LogP contribution < -0.4 is 10.8 Å². The van der Waals surface area contributed by atoms with Crippen molar-refractivity contribution in [1.82, 2.24) is 0 Å². The van der Waals surface area contributed by atoms with Crippen LogP contribution in [0, 0.1) is 0 Å². The smallest absolute Gasteiger partial charge is 0.247 e. The van der Waals surface area contributed by atoms with E-state index in [4.69, 9.17) is 15.3 Å². The van der Waals surface area contributed by atoms with Crippen molar-refractivity contribution in [2.24, 2.45) is 5.73 Å². The normalized spacial score (nSPS) is 19.6. The molecule has 2 aliphatic heterocycles. The summed E-state index contributed by atoms with van der Waals surface area (Å²) in [6, 6.07) is 26.0.